The average molecular weight is 445 g/mol. The van der Waals surface area contributed by atoms with Crippen LogP contribution in [0.1, 0.15) is 44.9 Å². The Morgan fingerprint density at radius 1 is 1.28 bits per heavy atom. The van der Waals surface area contributed by atoms with Crippen LogP contribution in [0, 0.1) is 5.92 Å². The van der Waals surface area contributed by atoms with Crippen LogP contribution in [0.3, 0.4) is 0 Å². The van der Waals surface area contributed by atoms with Crippen molar-refractivity contribution >= 4 is 35.1 Å². The minimum absolute atomic E-state index is 0.0743. The Hall–Kier alpha value is -1.28. The van der Waals surface area contributed by atoms with Gasteiger partial charge in [-0.15, -0.1) is 0 Å². The molecule has 6 nitrogen and oxygen atoms in total. The van der Waals surface area contributed by atoms with E-state index in [-0.39, 0.29) is 36.4 Å². The molecule has 1 aromatic carbocycles. The SMILES string of the molecule is O=C(O)CCCCCC[C@H]1C(=O)C[C@@H](O)[C@@H]1SCC(O)COc1cccc(Cl)c1. The topological polar surface area (TPSA) is 104 Å². The summed E-state index contributed by atoms with van der Waals surface area (Å²) in [7, 11) is 0. The summed E-state index contributed by atoms with van der Waals surface area (Å²) in [6.45, 7) is 0.109. The number of hydrogen-bond acceptors (Lipinski definition) is 6. The van der Waals surface area contributed by atoms with Gasteiger partial charge in [-0.1, -0.05) is 36.9 Å². The Kier molecular flexibility index (Phi) is 10.3. The Balaban J connectivity index is 1.71. The number of unbranched alkanes of at least 4 members (excludes halogenated alkanes) is 3. The highest BCUT2D eigenvalue weighted by molar-refractivity contribution is 8.00. The van der Waals surface area contributed by atoms with Gasteiger partial charge in [0.2, 0.25) is 0 Å². The maximum Gasteiger partial charge on any atom is 0.303 e. The number of aliphatic carboxylic acids is 1. The van der Waals surface area contributed by atoms with Gasteiger partial charge in [-0.05, 0) is 31.0 Å². The lowest BCUT2D eigenvalue weighted by atomic mass is 9.98. The van der Waals surface area contributed by atoms with Crippen molar-refractivity contribution in [3.63, 3.8) is 0 Å². The van der Waals surface area contributed by atoms with E-state index in [1.165, 1.54) is 11.8 Å². The first-order chi connectivity index (χ1) is 13.9. The number of aliphatic hydroxyl groups is 2. The van der Waals surface area contributed by atoms with Crippen LogP contribution in [0.2, 0.25) is 5.02 Å². The van der Waals surface area contributed by atoms with Crippen LogP contribution >= 0.6 is 23.4 Å². The molecule has 0 spiro atoms. The molecule has 29 heavy (non-hydrogen) atoms. The third-order valence-electron chi connectivity index (χ3n) is 4.97. The van der Waals surface area contributed by atoms with Crippen LogP contribution in [0.4, 0.5) is 0 Å². The highest BCUT2D eigenvalue weighted by atomic mass is 35.5. The summed E-state index contributed by atoms with van der Waals surface area (Å²) in [5.74, 6) is 0.0256. The van der Waals surface area contributed by atoms with E-state index >= 15 is 0 Å². The smallest absolute Gasteiger partial charge is 0.303 e. The summed E-state index contributed by atoms with van der Waals surface area (Å²) in [6, 6.07) is 6.95. The second kappa shape index (κ2) is 12.4. The van der Waals surface area contributed by atoms with Gasteiger partial charge in [0.1, 0.15) is 18.1 Å². The van der Waals surface area contributed by atoms with E-state index < -0.39 is 18.2 Å². The van der Waals surface area contributed by atoms with E-state index in [0.29, 0.717) is 29.4 Å². The van der Waals surface area contributed by atoms with Gasteiger partial charge in [0.15, 0.2) is 0 Å². The zero-order valence-corrected chi connectivity index (χ0v) is 17.9. The van der Waals surface area contributed by atoms with Crippen molar-refractivity contribution in [1.29, 1.82) is 0 Å². The monoisotopic (exact) mass is 444 g/mol. The fraction of sp³-hybridized carbons (Fsp3) is 0.619. The number of ketones is 1. The van der Waals surface area contributed by atoms with Gasteiger partial charge < -0.3 is 20.1 Å². The molecule has 0 heterocycles. The summed E-state index contributed by atoms with van der Waals surface area (Å²) in [6.07, 6.45) is 2.80. The van der Waals surface area contributed by atoms with Crippen LogP contribution in [0.15, 0.2) is 24.3 Å². The molecule has 162 valence electrons. The number of Topliss-reactive ketones (excluding diaryl/α,β-unsaturated/α-hetero) is 1. The summed E-state index contributed by atoms with van der Waals surface area (Å²) < 4.78 is 5.54. The summed E-state index contributed by atoms with van der Waals surface area (Å²) in [5, 5.41) is 29.4. The number of benzene rings is 1. The number of aliphatic hydroxyl groups excluding tert-OH is 2. The third kappa shape index (κ3) is 8.54. The number of rotatable bonds is 13. The van der Waals surface area contributed by atoms with E-state index in [1.807, 2.05) is 0 Å². The minimum Gasteiger partial charge on any atom is -0.491 e. The Morgan fingerprint density at radius 3 is 2.76 bits per heavy atom. The fourth-order valence-corrected chi connectivity index (χ4v) is 5.05. The zero-order chi connectivity index (χ0) is 21.2. The number of carboxylic acid groups (broad SMARTS) is 1. The molecule has 0 saturated heterocycles. The number of carbonyl (C=O) groups excluding carboxylic acids is 1. The molecule has 1 aromatic rings. The van der Waals surface area contributed by atoms with Crippen molar-refractivity contribution in [2.24, 2.45) is 5.92 Å². The van der Waals surface area contributed by atoms with Crippen molar-refractivity contribution in [2.45, 2.75) is 62.4 Å². The largest absolute Gasteiger partial charge is 0.491 e. The predicted molar refractivity (Wildman–Crippen MR) is 114 cm³/mol. The van der Waals surface area contributed by atoms with E-state index in [2.05, 4.69) is 0 Å². The molecule has 3 N–H and O–H groups in total. The van der Waals surface area contributed by atoms with Gasteiger partial charge in [-0.25, -0.2) is 0 Å². The number of hydrogen-bond donors (Lipinski definition) is 3. The number of halogens is 1. The van der Waals surface area contributed by atoms with Gasteiger partial charge in [0, 0.05) is 34.8 Å². The molecule has 0 aliphatic heterocycles. The first kappa shape index (κ1) is 24.0. The predicted octanol–water partition coefficient (Wildman–Crippen LogP) is 3.56. The quantitative estimate of drug-likeness (QED) is 0.399. The Bertz CT molecular complexity index is 670. The maximum absolute atomic E-state index is 12.2. The standard InChI is InChI=1S/C21H29ClO6S/c22-14-6-5-7-16(10-14)28-12-15(23)13-29-21-17(18(24)11-19(21)25)8-3-1-2-4-9-20(26)27/h5-7,10,15,17,19,21,23,25H,1-4,8-9,11-13H2,(H,26,27)/t15?,17-,19+,21+/m0/s1. The molecule has 0 radical (unpaired) electrons. The van der Waals surface area contributed by atoms with Crippen LogP contribution < -0.4 is 4.74 Å². The Morgan fingerprint density at radius 2 is 2.03 bits per heavy atom. The molecule has 1 unspecified atom stereocenters. The van der Waals surface area contributed by atoms with Crippen molar-refractivity contribution in [3.05, 3.63) is 29.3 Å². The first-order valence-electron chi connectivity index (χ1n) is 9.97. The van der Waals surface area contributed by atoms with Crippen LogP contribution in [-0.4, -0.2) is 56.9 Å². The second-order valence-corrected chi connectivity index (χ2v) is 9.06. The molecule has 4 atom stereocenters. The molecule has 8 heteroatoms. The van der Waals surface area contributed by atoms with E-state index in [9.17, 15) is 19.8 Å². The molecular formula is C21H29ClO6S. The van der Waals surface area contributed by atoms with Crippen molar-refractivity contribution in [2.75, 3.05) is 12.4 Å². The zero-order valence-electron chi connectivity index (χ0n) is 16.3. The molecule has 1 fully saturated rings. The van der Waals surface area contributed by atoms with E-state index in [0.717, 1.165) is 19.3 Å². The average Bonchev–Trinajstić information content (AvgIpc) is 2.93. The van der Waals surface area contributed by atoms with Gasteiger partial charge in [-0.3, -0.25) is 9.59 Å². The third-order valence-corrected chi connectivity index (χ3v) is 6.81. The number of carboxylic acids is 1. The van der Waals surface area contributed by atoms with Gasteiger partial charge in [0.05, 0.1) is 12.2 Å². The van der Waals surface area contributed by atoms with Gasteiger partial charge in [-0.2, -0.15) is 11.8 Å². The molecule has 1 aliphatic carbocycles. The normalized spacial score (nSPS) is 22.6. The number of thioether (sulfide) groups is 1. The highest BCUT2D eigenvalue weighted by Crippen LogP contribution is 2.36. The van der Waals surface area contributed by atoms with Crippen molar-refractivity contribution in [1.82, 2.24) is 0 Å². The number of ether oxygens (including phenoxy) is 1. The maximum atomic E-state index is 12.2. The molecule has 1 aliphatic rings. The lowest BCUT2D eigenvalue weighted by molar-refractivity contribution is -0.137. The van der Waals surface area contributed by atoms with Crippen LogP contribution in [0.25, 0.3) is 0 Å². The number of carbonyl (C=O) groups is 2. The van der Waals surface area contributed by atoms with Crippen LogP contribution in [0.5, 0.6) is 5.75 Å². The summed E-state index contributed by atoms with van der Waals surface area (Å²) in [4.78, 5) is 22.8. The van der Waals surface area contributed by atoms with Crippen LogP contribution in [-0.2, 0) is 9.59 Å². The lowest BCUT2D eigenvalue weighted by Crippen LogP contribution is -2.28. The minimum atomic E-state index is -0.784. The molecule has 0 aromatic heterocycles. The van der Waals surface area contributed by atoms with E-state index in [1.54, 1.807) is 24.3 Å². The fourth-order valence-electron chi connectivity index (χ4n) is 3.49. The van der Waals surface area contributed by atoms with Gasteiger partial charge >= 0.3 is 5.97 Å². The second-order valence-electron chi connectivity index (χ2n) is 7.41. The highest BCUT2D eigenvalue weighted by Gasteiger charge is 2.41. The van der Waals surface area contributed by atoms with Crippen molar-refractivity contribution in [3.8, 4) is 5.75 Å². The molecule has 0 amide bonds. The molecule has 2 rings (SSSR count). The Labute approximate surface area is 180 Å². The molecular weight excluding hydrogens is 416 g/mol. The van der Waals surface area contributed by atoms with Gasteiger partial charge in [0.25, 0.3) is 0 Å². The summed E-state index contributed by atoms with van der Waals surface area (Å²) in [5.41, 5.74) is 0. The lowest BCUT2D eigenvalue weighted by Gasteiger charge is -2.22. The molecule has 1 saturated carbocycles. The molecule has 0 bridgehead atoms. The van der Waals surface area contributed by atoms with Crippen molar-refractivity contribution < 1.29 is 29.6 Å². The van der Waals surface area contributed by atoms with E-state index in [4.69, 9.17) is 21.4 Å². The first-order valence-corrected chi connectivity index (χ1v) is 11.4. The summed E-state index contributed by atoms with van der Waals surface area (Å²) >= 11 is 7.32.